The number of benzene rings is 2. The van der Waals surface area contributed by atoms with Gasteiger partial charge in [0, 0.05) is 25.5 Å². The number of fused-ring (bicyclic) bond motifs is 2. The first-order chi connectivity index (χ1) is 11.8. The Balaban J connectivity index is 2.50. The van der Waals surface area contributed by atoms with Gasteiger partial charge in [0.1, 0.15) is 5.75 Å². The molecule has 1 aromatic heterocycles. The van der Waals surface area contributed by atoms with Gasteiger partial charge in [-0.2, -0.15) is 0 Å². The maximum atomic E-state index is 13.2. The Kier molecular flexibility index (Phi) is 4.65. The molecule has 0 aliphatic carbocycles. The van der Waals surface area contributed by atoms with E-state index in [0.717, 1.165) is 11.2 Å². The van der Waals surface area contributed by atoms with Crippen molar-refractivity contribution in [2.75, 3.05) is 25.6 Å². The number of aromatic amines is 1. The molecule has 3 aromatic rings. The first-order valence-electron chi connectivity index (χ1n) is 8.47. The topological polar surface area (TPSA) is 45.3 Å². The van der Waals surface area contributed by atoms with Gasteiger partial charge in [0.25, 0.3) is 0 Å². The van der Waals surface area contributed by atoms with E-state index in [2.05, 4.69) is 18.8 Å². The van der Waals surface area contributed by atoms with Crippen LogP contribution in [0.15, 0.2) is 29.1 Å². The molecule has 5 heteroatoms. The van der Waals surface area contributed by atoms with Gasteiger partial charge < -0.3 is 14.6 Å². The smallest absolute Gasteiger partial charge is 0.201 e. The molecule has 0 aliphatic heterocycles. The molecule has 0 spiro atoms. The fourth-order valence-corrected chi connectivity index (χ4v) is 3.52. The lowest BCUT2D eigenvalue weighted by Gasteiger charge is -2.20. The highest BCUT2D eigenvalue weighted by molar-refractivity contribution is 6.35. The molecule has 0 bridgehead atoms. The molecule has 1 heterocycles. The number of halogens is 1. The third-order valence-electron chi connectivity index (χ3n) is 4.41. The molecule has 2 aromatic carbocycles. The molecule has 1 N–H and O–H groups in total. The molecular weight excluding hydrogens is 336 g/mol. The van der Waals surface area contributed by atoms with E-state index in [-0.39, 0.29) is 5.43 Å². The van der Waals surface area contributed by atoms with Gasteiger partial charge in [-0.15, -0.1) is 0 Å². The normalized spacial score (nSPS) is 11.5. The zero-order chi connectivity index (χ0) is 18.3. The van der Waals surface area contributed by atoms with E-state index in [9.17, 15) is 4.79 Å². The van der Waals surface area contributed by atoms with Gasteiger partial charge in [-0.1, -0.05) is 31.5 Å². The molecule has 0 amide bonds. The lowest BCUT2D eigenvalue weighted by atomic mass is 10.00. The van der Waals surface area contributed by atoms with E-state index in [0.29, 0.717) is 39.6 Å². The summed E-state index contributed by atoms with van der Waals surface area (Å²) in [5.74, 6) is 0.902. The Bertz CT molecular complexity index is 1010. The zero-order valence-corrected chi connectivity index (χ0v) is 16.0. The van der Waals surface area contributed by atoms with E-state index >= 15 is 0 Å². The Labute approximate surface area is 152 Å². The number of pyridine rings is 1. The van der Waals surface area contributed by atoms with Gasteiger partial charge in [-0.25, -0.2) is 0 Å². The van der Waals surface area contributed by atoms with E-state index in [4.69, 9.17) is 16.3 Å². The van der Waals surface area contributed by atoms with E-state index in [1.807, 2.05) is 44.1 Å². The summed E-state index contributed by atoms with van der Waals surface area (Å²) in [5.41, 5.74) is 3.45. The van der Waals surface area contributed by atoms with Crippen molar-refractivity contribution in [1.82, 2.24) is 4.98 Å². The quantitative estimate of drug-likeness (QED) is 0.673. The fraction of sp³-hybridized carbons (Fsp3) is 0.350. The summed E-state index contributed by atoms with van der Waals surface area (Å²) in [4.78, 5) is 18.5. The predicted molar refractivity (Wildman–Crippen MR) is 107 cm³/mol. The Hall–Kier alpha value is -2.20. The highest BCUT2D eigenvalue weighted by Crippen LogP contribution is 2.38. The summed E-state index contributed by atoms with van der Waals surface area (Å²) >= 11 is 6.48. The zero-order valence-electron chi connectivity index (χ0n) is 15.2. The third-order valence-corrected chi connectivity index (χ3v) is 4.69. The summed E-state index contributed by atoms with van der Waals surface area (Å²) in [6.07, 6.45) is 0. The molecule has 0 fully saturated rings. The molecule has 132 valence electrons. The maximum absolute atomic E-state index is 13.2. The van der Waals surface area contributed by atoms with Gasteiger partial charge in [0.05, 0.1) is 33.7 Å². The van der Waals surface area contributed by atoms with E-state index in [1.165, 1.54) is 5.56 Å². The molecule has 0 saturated heterocycles. The second kappa shape index (κ2) is 6.60. The maximum Gasteiger partial charge on any atom is 0.201 e. The van der Waals surface area contributed by atoms with Crippen LogP contribution in [0.2, 0.25) is 5.02 Å². The number of H-pyrrole nitrogens is 1. The summed E-state index contributed by atoms with van der Waals surface area (Å²) in [6.45, 7) is 6.63. The van der Waals surface area contributed by atoms with Crippen molar-refractivity contribution < 1.29 is 4.74 Å². The third kappa shape index (κ3) is 2.95. The first-order valence-corrected chi connectivity index (χ1v) is 8.85. The minimum atomic E-state index is -0.0396. The lowest BCUT2D eigenvalue weighted by Crippen LogP contribution is -2.14. The van der Waals surface area contributed by atoms with Crippen molar-refractivity contribution in [1.29, 1.82) is 0 Å². The van der Waals surface area contributed by atoms with Crippen LogP contribution in [0.3, 0.4) is 0 Å². The fourth-order valence-electron chi connectivity index (χ4n) is 3.16. The van der Waals surface area contributed by atoms with Crippen LogP contribution in [-0.4, -0.2) is 25.7 Å². The number of hydrogen-bond donors (Lipinski definition) is 1. The minimum Gasteiger partial charge on any atom is -0.493 e. The number of aromatic nitrogens is 1. The van der Waals surface area contributed by atoms with Gasteiger partial charge in [-0.05, 0) is 30.5 Å². The first kappa shape index (κ1) is 17.6. The number of nitrogens with one attached hydrogen (secondary N) is 1. The van der Waals surface area contributed by atoms with Crippen molar-refractivity contribution in [2.45, 2.75) is 26.7 Å². The van der Waals surface area contributed by atoms with Crippen molar-refractivity contribution in [2.24, 2.45) is 0 Å². The predicted octanol–water partition coefficient (Wildman–Crippen LogP) is 4.92. The van der Waals surface area contributed by atoms with Crippen molar-refractivity contribution in [3.05, 3.63) is 45.1 Å². The number of nitrogens with zero attached hydrogens (tertiary/aromatic N) is 1. The molecular formula is C20H23ClN2O2. The number of rotatable bonds is 4. The second-order valence-electron chi connectivity index (χ2n) is 6.70. The summed E-state index contributed by atoms with van der Waals surface area (Å²) in [5, 5.41) is 1.75. The van der Waals surface area contributed by atoms with Gasteiger partial charge >= 0.3 is 0 Å². The van der Waals surface area contributed by atoms with Crippen LogP contribution in [0, 0.1) is 0 Å². The van der Waals surface area contributed by atoms with Crippen LogP contribution in [-0.2, 0) is 0 Å². The molecule has 0 unspecified atom stereocenters. The standard InChI is InChI=1S/C20H23ClN2O2/c1-6-25-16-10-14(21)19(23(4)5)18-17(16)20(24)13-8-7-12(11(2)3)9-15(13)22-18/h7-11H,6H2,1-5H3,(H,22,24). The number of anilines is 1. The Morgan fingerprint density at radius 2 is 1.96 bits per heavy atom. The van der Waals surface area contributed by atoms with Crippen molar-refractivity contribution in [3.8, 4) is 5.75 Å². The average Bonchev–Trinajstić information content (AvgIpc) is 2.53. The van der Waals surface area contributed by atoms with Crippen LogP contribution >= 0.6 is 11.6 Å². The van der Waals surface area contributed by atoms with Crippen molar-refractivity contribution in [3.63, 3.8) is 0 Å². The molecule has 0 aliphatic rings. The largest absolute Gasteiger partial charge is 0.493 e. The number of hydrogen-bond acceptors (Lipinski definition) is 3. The van der Waals surface area contributed by atoms with Crippen LogP contribution in [0.1, 0.15) is 32.3 Å². The highest BCUT2D eigenvalue weighted by Gasteiger charge is 2.19. The molecule has 3 rings (SSSR count). The van der Waals surface area contributed by atoms with Gasteiger partial charge in [0.15, 0.2) is 0 Å². The van der Waals surface area contributed by atoms with E-state index in [1.54, 1.807) is 6.07 Å². The van der Waals surface area contributed by atoms with Crippen LogP contribution in [0.5, 0.6) is 5.75 Å². The molecule has 25 heavy (non-hydrogen) atoms. The summed E-state index contributed by atoms with van der Waals surface area (Å²) < 4.78 is 5.70. The minimum absolute atomic E-state index is 0.0396. The molecule has 4 nitrogen and oxygen atoms in total. The van der Waals surface area contributed by atoms with Gasteiger partial charge in [0.2, 0.25) is 5.43 Å². The van der Waals surface area contributed by atoms with E-state index < -0.39 is 0 Å². The Morgan fingerprint density at radius 3 is 2.56 bits per heavy atom. The number of ether oxygens (including phenoxy) is 1. The summed E-state index contributed by atoms with van der Waals surface area (Å²) in [7, 11) is 3.82. The van der Waals surface area contributed by atoms with Crippen LogP contribution < -0.4 is 15.1 Å². The highest BCUT2D eigenvalue weighted by atomic mass is 35.5. The molecule has 0 radical (unpaired) electrons. The monoisotopic (exact) mass is 358 g/mol. The van der Waals surface area contributed by atoms with Crippen molar-refractivity contribution >= 4 is 39.1 Å². The van der Waals surface area contributed by atoms with Gasteiger partial charge in [-0.3, -0.25) is 4.79 Å². The SMILES string of the molecule is CCOc1cc(Cl)c(N(C)C)c2[nH]c3cc(C(C)C)ccc3c(=O)c12. The summed E-state index contributed by atoms with van der Waals surface area (Å²) in [6, 6.07) is 7.67. The van der Waals surface area contributed by atoms with Crippen LogP contribution in [0.4, 0.5) is 5.69 Å². The lowest BCUT2D eigenvalue weighted by molar-refractivity contribution is 0.344. The average molecular weight is 359 g/mol. The Morgan fingerprint density at radius 1 is 1.24 bits per heavy atom. The van der Waals surface area contributed by atoms with Crippen LogP contribution in [0.25, 0.3) is 21.8 Å². The molecule has 0 atom stereocenters. The second-order valence-corrected chi connectivity index (χ2v) is 7.10. The molecule has 0 saturated carbocycles.